The Labute approximate surface area is 229 Å². The number of methoxy groups -OCH3 is 1. The lowest BCUT2D eigenvalue weighted by Crippen LogP contribution is -2.33. The fourth-order valence-corrected chi connectivity index (χ4v) is 4.61. The second-order valence-electron chi connectivity index (χ2n) is 8.88. The highest BCUT2D eigenvalue weighted by molar-refractivity contribution is 6.27. The third-order valence-corrected chi connectivity index (χ3v) is 6.44. The summed E-state index contributed by atoms with van der Waals surface area (Å²) in [4.78, 5) is 34.3. The number of alkyl halides is 1. The van der Waals surface area contributed by atoms with Crippen LogP contribution in [0.1, 0.15) is 17.8 Å². The van der Waals surface area contributed by atoms with Gasteiger partial charge in [-0.1, -0.05) is 24.3 Å². The fraction of sp³-hybridized carbons (Fsp3) is 0.333. The molecule has 0 unspecified atom stereocenters. The predicted octanol–water partition coefficient (Wildman–Crippen LogP) is 3.62. The van der Waals surface area contributed by atoms with Gasteiger partial charge in [-0.25, -0.2) is 19.2 Å². The Kier molecular flexibility index (Phi) is 9.15. The number of halogens is 2. The number of pyridine rings is 1. The molecule has 0 spiro atoms. The van der Waals surface area contributed by atoms with Crippen LogP contribution < -0.4 is 10.5 Å². The van der Waals surface area contributed by atoms with E-state index in [4.69, 9.17) is 36.9 Å². The molecule has 0 aliphatic heterocycles. The van der Waals surface area contributed by atoms with Gasteiger partial charge in [-0.3, -0.25) is 4.79 Å². The lowest BCUT2D eigenvalue weighted by atomic mass is 10.1. The van der Waals surface area contributed by atoms with Gasteiger partial charge in [-0.15, -0.1) is 11.6 Å². The minimum absolute atomic E-state index is 0.149. The molecule has 10 nitrogen and oxygen atoms in total. The van der Waals surface area contributed by atoms with Crippen molar-refractivity contribution >= 4 is 51.2 Å². The second-order valence-corrected chi connectivity index (χ2v) is 9.15. The van der Waals surface area contributed by atoms with Gasteiger partial charge in [0.2, 0.25) is 5.91 Å². The molecule has 0 radical (unpaired) electrons. The molecule has 2 heterocycles. The van der Waals surface area contributed by atoms with E-state index in [1.54, 1.807) is 12.0 Å². The molecule has 0 aliphatic carbocycles. The van der Waals surface area contributed by atoms with E-state index in [1.165, 1.54) is 18.2 Å². The van der Waals surface area contributed by atoms with Crippen molar-refractivity contribution in [1.29, 1.82) is 0 Å². The standard InChI is InChI=1S/C27H29ClFN5O5/c1-38-12-9-22-32-25-26(18-5-2-3-6-20(18)31-27(25)30)34(22)11-4-10-33(23(35)14-28)15-17-7-8-19(29)21(13-17)39-16-24(36)37/h2-3,5-8,13H,4,9-12,14-16H2,1H3,(H2,30,31)(H,36,37). The number of hydrogen-bond acceptors (Lipinski definition) is 7. The van der Waals surface area contributed by atoms with Gasteiger partial charge in [-0.05, 0) is 30.2 Å². The van der Waals surface area contributed by atoms with Gasteiger partial charge in [0.1, 0.15) is 17.2 Å². The molecule has 0 aliphatic rings. The van der Waals surface area contributed by atoms with Crippen LogP contribution in [0.3, 0.4) is 0 Å². The number of nitrogens with zero attached hydrogens (tertiary/aromatic N) is 4. The van der Waals surface area contributed by atoms with Crippen molar-refractivity contribution in [2.75, 3.05) is 38.5 Å². The number of anilines is 1. The van der Waals surface area contributed by atoms with E-state index in [-0.39, 0.29) is 24.1 Å². The predicted molar refractivity (Wildman–Crippen MR) is 145 cm³/mol. The Hall–Kier alpha value is -3.96. The monoisotopic (exact) mass is 557 g/mol. The average molecular weight is 558 g/mol. The van der Waals surface area contributed by atoms with E-state index in [1.807, 2.05) is 24.3 Å². The SMILES string of the molecule is COCCc1nc2c(N)nc3ccccc3c2n1CCCN(Cc1ccc(F)c(OCC(=O)O)c1)C(=O)CCl. The number of para-hydroxylation sites is 1. The quantitative estimate of drug-likeness (QED) is 0.238. The first-order valence-electron chi connectivity index (χ1n) is 12.3. The number of nitrogens with two attached hydrogens (primary N) is 1. The molecular weight excluding hydrogens is 529 g/mol. The lowest BCUT2D eigenvalue weighted by molar-refractivity contribution is -0.139. The van der Waals surface area contributed by atoms with E-state index in [0.29, 0.717) is 49.4 Å². The van der Waals surface area contributed by atoms with Crippen LogP contribution in [-0.2, 0) is 33.8 Å². The summed E-state index contributed by atoms with van der Waals surface area (Å²) in [5, 5.41) is 9.75. The topological polar surface area (TPSA) is 133 Å². The zero-order chi connectivity index (χ0) is 27.9. The molecule has 206 valence electrons. The number of imidazole rings is 1. The maximum Gasteiger partial charge on any atom is 0.341 e. The zero-order valence-electron chi connectivity index (χ0n) is 21.4. The molecule has 0 bridgehead atoms. The summed E-state index contributed by atoms with van der Waals surface area (Å²) >= 11 is 5.88. The number of carboxylic acids is 1. The fourth-order valence-electron chi connectivity index (χ4n) is 4.44. The number of benzene rings is 2. The van der Waals surface area contributed by atoms with Gasteiger partial charge in [0.15, 0.2) is 24.0 Å². The van der Waals surface area contributed by atoms with Gasteiger partial charge in [0.05, 0.1) is 17.6 Å². The second kappa shape index (κ2) is 12.7. The molecule has 4 aromatic rings. The molecule has 4 rings (SSSR count). The number of carbonyl (C=O) groups is 2. The Morgan fingerprint density at radius 2 is 2.00 bits per heavy atom. The number of carboxylic acid groups (broad SMARTS) is 1. The number of carbonyl (C=O) groups excluding carboxylic acids is 1. The lowest BCUT2D eigenvalue weighted by Gasteiger charge is -2.23. The number of ether oxygens (including phenoxy) is 2. The molecule has 0 saturated heterocycles. The summed E-state index contributed by atoms with van der Waals surface area (Å²) in [5.41, 5.74) is 9.09. The van der Waals surface area contributed by atoms with Crippen LogP contribution in [0.4, 0.5) is 10.2 Å². The first-order chi connectivity index (χ1) is 18.8. The summed E-state index contributed by atoms with van der Waals surface area (Å²) in [6.45, 7) is 0.837. The number of aromatic nitrogens is 3. The van der Waals surface area contributed by atoms with Gasteiger partial charge in [-0.2, -0.15) is 0 Å². The number of fused-ring (bicyclic) bond motifs is 3. The van der Waals surface area contributed by atoms with Crippen LogP contribution in [0.5, 0.6) is 5.75 Å². The highest BCUT2D eigenvalue weighted by atomic mass is 35.5. The molecule has 0 saturated carbocycles. The molecule has 1 amide bonds. The van der Waals surface area contributed by atoms with Gasteiger partial charge in [0, 0.05) is 38.6 Å². The maximum absolute atomic E-state index is 14.1. The summed E-state index contributed by atoms with van der Waals surface area (Å²) in [6, 6.07) is 11.8. The largest absolute Gasteiger partial charge is 0.479 e. The molecule has 2 aromatic heterocycles. The Morgan fingerprint density at radius 3 is 2.74 bits per heavy atom. The normalized spacial score (nSPS) is 11.3. The highest BCUT2D eigenvalue weighted by Gasteiger charge is 2.19. The minimum atomic E-state index is -1.22. The zero-order valence-corrected chi connectivity index (χ0v) is 22.2. The van der Waals surface area contributed by atoms with Gasteiger partial charge < -0.3 is 29.8 Å². The van der Waals surface area contributed by atoms with E-state index >= 15 is 0 Å². The molecule has 2 aromatic carbocycles. The third kappa shape index (κ3) is 6.55. The van der Waals surface area contributed by atoms with Gasteiger partial charge >= 0.3 is 5.97 Å². The maximum atomic E-state index is 14.1. The van der Waals surface area contributed by atoms with Crippen molar-refractivity contribution in [3.05, 3.63) is 59.7 Å². The van der Waals surface area contributed by atoms with Crippen LogP contribution in [-0.4, -0.2) is 69.2 Å². The first kappa shape index (κ1) is 28.1. The number of aliphatic carboxylic acids is 1. The molecule has 0 fully saturated rings. The molecule has 3 N–H and O–H groups in total. The van der Waals surface area contributed by atoms with Crippen molar-refractivity contribution in [2.45, 2.75) is 25.9 Å². The number of rotatable bonds is 13. The summed E-state index contributed by atoms with van der Waals surface area (Å²) in [6.07, 6.45) is 1.13. The Morgan fingerprint density at radius 1 is 1.21 bits per heavy atom. The van der Waals surface area contributed by atoms with Crippen molar-refractivity contribution in [3.63, 3.8) is 0 Å². The van der Waals surface area contributed by atoms with Crippen molar-refractivity contribution in [3.8, 4) is 5.75 Å². The number of nitrogen functional groups attached to an aromatic ring is 1. The number of amides is 1. The summed E-state index contributed by atoms with van der Waals surface area (Å²) in [7, 11) is 1.63. The molecule has 39 heavy (non-hydrogen) atoms. The summed E-state index contributed by atoms with van der Waals surface area (Å²) < 4.78 is 26.5. The average Bonchev–Trinajstić information content (AvgIpc) is 3.30. The van der Waals surface area contributed by atoms with Crippen LogP contribution in [0.15, 0.2) is 42.5 Å². The van der Waals surface area contributed by atoms with Gasteiger partial charge in [0.25, 0.3) is 0 Å². The minimum Gasteiger partial charge on any atom is -0.479 e. The smallest absolute Gasteiger partial charge is 0.341 e. The van der Waals surface area contributed by atoms with Crippen molar-refractivity contribution in [1.82, 2.24) is 19.4 Å². The van der Waals surface area contributed by atoms with Crippen molar-refractivity contribution < 1.29 is 28.6 Å². The Bertz CT molecular complexity index is 1490. The van der Waals surface area contributed by atoms with E-state index < -0.39 is 18.4 Å². The van der Waals surface area contributed by atoms with Crippen LogP contribution >= 0.6 is 11.6 Å². The van der Waals surface area contributed by atoms with E-state index in [0.717, 1.165) is 22.2 Å². The number of hydrogen-bond donors (Lipinski definition) is 2. The van der Waals surface area contributed by atoms with Crippen LogP contribution in [0, 0.1) is 5.82 Å². The summed E-state index contributed by atoms with van der Waals surface area (Å²) in [5.74, 6) is -1.47. The number of aryl methyl sites for hydroxylation is 1. The van der Waals surface area contributed by atoms with Crippen LogP contribution in [0.25, 0.3) is 21.9 Å². The third-order valence-electron chi connectivity index (χ3n) is 6.22. The molecule has 12 heteroatoms. The van der Waals surface area contributed by atoms with Crippen LogP contribution in [0.2, 0.25) is 0 Å². The van der Waals surface area contributed by atoms with E-state index in [2.05, 4.69) is 9.55 Å². The molecular formula is C27H29ClFN5O5. The highest BCUT2D eigenvalue weighted by Crippen LogP contribution is 2.29. The first-order valence-corrected chi connectivity index (χ1v) is 12.8. The van der Waals surface area contributed by atoms with E-state index in [9.17, 15) is 14.0 Å². The molecule has 0 atom stereocenters. The Balaban J connectivity index is 1.58. The van der Waals surface area contributed by atoms with Crippen molar-refractivity contribution in [2.24, 2.45) is 0 Å².